The van der Waals surface area contributed by atoms with Gasteiger partial charge in [0.1, 0.15) is 11.6 Å². The highest BCUT2D eigenvalue weighted by atomic mass is 35.5. The number of rotatable bonds is 3. The molecule has 0 atom stereocenters. The van der Waals surface area contributed by atoms with Crippen molar-refractivity contribution >= 4 is 28.9 Å². The molecule has 1 amide bonds. The summed E-state index contributed by atoms with van der Waals surface area (Å²) in [4.78, 5) is 12.5. The minimum absolute atomic E-state index is 0.0834. The second-order valence-corrected chi connectivity index (χ2v) is 4.78. The SMILES string of the molecule is Cc1ccc(N(C(=O)CCl)c2c(F)cc(F)c(F)c2F)cc1. The lowest BCUT2D eigenvalue weighted by atomic mass is 10.1. The fraction of sp³-hybridized carbons (Fsp3) is 0.133. The lowest BCUT2D eigenvalue weighted by Crippen LogP contribution is -2.29. The van der Waals surface area contributed by atoms with Crippen LogP contribution in [0.3, 0.4) is 0 Å². The average molecular weight is 332 g/mol. The van der Waals surface area contributed by atoms with Crippen LogP contribution >= 0.6 is 11.6 Å². The van der Waals surface area contributed by atoms with Crippen molar-refractivity contribution in [3.05, 3.63) is 59.2 Å². The molecule has 0 saturated heterocycles. The Balaban J connectivity index is 2.68. The summed E-state index contributed by atoms with van der Waals surface area (Å²) < 4.78 is 54.3. The molecule has 116 valence electrons. The van der Waals surface area contributed by atoms with E-state index in [9.17, 15) is 22.4 Å². The second-order valence-electron chi connectivity index (χ2n) is 4.52. The van der Waals surface area contributed by atoms with Gasteiger partial charge in [0.2, 0.25) is 5.91 Å². The quantitative estimate of drug-likeness (QED) is 0.352. The molecule has 0 saturated carbocycles. The second kappa shape index (κ2) is 6.36. The summed E-state index contributed by atoms with van der Waals surface area (Å²) >= 11 is 5.45. The smallest absolute Gasteiger partial charge is 0.246 e. The van der Waals surface area contributed by atoms with Crippen molar-refractivity contribution in [2.24, 2.45) is 0 Å². The number of carbonyl (C=O) groups is 1. The van der Waals surface area contributed by atoms with Crippen LogP contribution in [0.5, 0.6) is 0 Å². The average Bonchev–Trinajstić information content (AvgIpc) is 2.50. The predicted octanol–water partition coefficient (Wildman–Crippen LogP) is 4.45. The van der Waals surface area contributed by atoms with Gasteiger partial charge in [-0.05, 0) is 19.1 Å². The first kappa shape index (κ1) is 16.3. The van der Waals surface area contributed by atoms with Crippen molar-refractivity contribution in [3.8, 4) is 0 Å². The van der Waals surface area contributed by atoms with E-state index in [1.54, 1.807) is 19.1 Å². The number of alkyl halides is 1. The van der Waals surface area contributed by atoms with E-state index in [1.165, 1.54) is 12.1 Å². The number of benzene rings is 2. The minimum Gasteiger partial charge on any atom is -0.274 e. The number of anilines is 2. The maximum Gasteiger partial charge on any atom is 0.246 e. The van der Waals surface area contributed by atoms with Crippen molar-refractivity contribution in [1.82, 2.24) is 0 Å². The largest absolute Gasteiger partial charge is 0.274 e. The predicted molar refractivity (Wildman–Crippen MR) is 75.3 cm³/mol. The third kappa shape index (κ3) is 2.92. The summed E-state index contributed by atoms with van der Waals surface area (Å²) in [6.45, 7) is 1.77. The van der Waals surface area contributed by atoms with Crippen LogP contribution in [0.1, 0.15) is 5.56 Å². The maximum atomic E-state index is 13.9. The first-order valence-electron chi connectivity index (χ1n) is 6.15. The van der Waals surface area contributed by atoms with Crippen LogP contribution in [-0.4, -0.2) is 11.8 Å². The first-order chi connectivity index (χ1) is 10.4. The Morgan fingerprint density at radius 3 is 2.18 bits per heavy atom. The molecule has 7 heteroatoms. The fourth-order valence-electron chi connectivity index (χ4n) is 1.91. The molecule has 0 unspecified atom stereocenters. The van der Waals surface area contributed by atoms with Gasteiger partial charge in [0.05, 0.1) is 0 Å². The highest BCUT2D eigenvalue weighted by Crippen LogP contribution is 2.33. The highest BCUT2D eigenvalue weighted by molar-refractivity contribution is 6.30. The van der Waals surface area contributed by atoms with Gasteiger partial charge in [-0.25, -0.2) is 17.6 Å². The zero-order valence-corrected chi connectivity index (χ0v) is 12.1. The molecule has 0 aromatic heterocycles. The van der Waals surface area contributed by atoms with Gasteiger partial charge in [0.15, 0.2) is 23.3 Å². The number of halogens is 5. The topological polar surface area (TPSA) is 20.3 Å². The Bertz CT molecular complexity index is 718. The van der Waals surface area contributed by atoms with Crippen molar-refractivity contribution in [3.63, 3.8) is 0 Å². The zero-order valence-electron chi connectivity index (χ0n) is 11.3. The first-order valence-corrected chi connectivity index (χ1v) is 6.68. The van der Waals surface area contributed by atoms with E-state index in [0.717, 1.165) is 5.56 Å². The van der Waals surface area contributed by atoms with E-state index in [0.29, 0.717) is 4.90 Å². The van der Waals surface area contributed by atoms with Crippen LogP contribution in [0, 0.1) is 30.2 Å². The number of hydrogen-bond donors (Lipinski definition) is 0. The molecular formula is C15H10ClF4NO. The molecule has 0 fully saturated rings. The number of hydrogen-bond acceptors (Lipinski definition) is 1. The Kier molecular flexibility index (Phi) is 4.71. The lowest BCUT2D eigenvalue weighted by Gasteiger charge is -2.23. The van der Waals surface area contributed by atoms with Gasteiger partial charge < -0.3 is 0 Å². The molecule has 0 radical (unpaired) electrons. The number of amides is 1. The van der Waals surface area contributed by atoms with E-state index < -0.39 is 40.7 Å². The molecule has 2 aromatic carbocycles. The molecule has 2 nitrogen and oxygen atoms in total. The van der Waals surface area contributed by atoms with Crippen LogP contribution in [-0.2, 0) is 4.79 Å². The van der Waals surface area contributed by atoms with Crippen LogP contribution in [0.25, 0.3) is 0 Å². The lowest BCUT2D eigenvalue weighted by molar-refractivity contribution is -0.115. The van der Waals surface area contributed by atoms with Gasteiger partial charge >= 0.3 is 0 Å². The van der Waals surface area contributed by atoms with Crippen LogP contribution in [0.2, 0.25) is 0 Å². The summed E-state index contributed by atoms with van der Waals surface area (Å²) in [5.74, 6) is -8.22. The van der Waals surface area contributed by atoms with Crippen molar-refractivity contribution in [2.75, 3.05) is 10.8 Å². The standard InChI is InChI=1S/C15H10ClF4NO/c1-8-2-4-9(5-3-8)21(12(22)7-16)15-11(18)6-10(17)13(19)14(15)20/h2-6H,7H2,1H3. The van der Waals surface area contributed by atoms with Gasteiger partial charge in [-0.1, -0.05) is 17.7 Å². The van der Waals surface area contributed by atoms with Crippen molar-refractivity contribution in [2.45, 2.75) is 6.92 Å². The van der Waals surface area contributed by atoms with Gasteiger partial charge in [0, 0.05) is 11.8 Å². The van der Waals surface area contributed by atoms with Crippen LogP contribution in [0.4, 0.5) is 28.9 Å². The Hall–Kier alpha value is -2.08. The molecule has 0 spiro atoms. The minimum atomic E-state index is -1.86. The third-order valence-electron chi connectivity index (χ3n) is 2.97. The summed E-state index contributed by atoms with van der Waals surface area (Å²) in [6, 6.07) is 6.20. The van der Waals surface area contributed by atoms with E-state index in [4.69, 9.17) is 11.6 Å². The van der Waals surface area contributed by atoms with E-state index in [2.05, 4.69) is 0 Å². The van der Waals surface area contributed by atoms with E-state index in [-0.39, 0.29) is 11.8 Å². The number of nitrogens with zero attached hydrogens (tertiary/aromatic N) is 1. The summed E-state index contributed by atoms with van der Waals surface area (Å²) in [5.41, 5.74) is -0.0817. The van der Waals surface area contributed by atoms with Crippen LogP contribution in [0.15, 0.2) is 30.3 Å². The molecule has 0 heterocycles. The maximum absolute atomic E-state index is 13.9. The van der Waals surface area contributed by atoms with Gasteiger partial charge in [-0.2, -0.15) is 0 Å². The van der Waals surface area contributed by atoms with E-state index in [1.807, 2.05) is 0 Å². The van der Waals surface area contributed by atoms with Gasteiger partial charge in [0.25, 0.3) is 0 Å². The van der Waals surface area contributed by atoms with Crippen molar-refractivity contribution < 1.29 is 22.4 Å². The molecular weight excluding hydrogens is 322 g/mol. The summed E-state index contributed by atoms with van der Waals surface area (Å²) in [7, 11) is 0. The normalized spacial score (nSPS) is 10.6. The van der Waals surface area contributed by atoms with Gasteiger partial charge in [-0.3, -0.25) is 9.69 Å². The zero-order chi connectivity index (χ0) is 16.4. The van der Waals surface area contributed by atoms with Gasteiger partial charge in [-0.15, -0.1) is 11.6 Å². The molecule has 22 heavy (non-hydrogen) atoms. The molecule has 0 bridgehead atoms. The molecule has 2 rings (SSSR count). The molecule has 0 aliphatic carbocycles. The Labute approximate surface area is 128 Å². The van der Waals surface area contributed by atoms with Crippen molar-refractivity contribution in [1.29, 1.82) is 0 Å². The third-order valence-corrected chi connectivity index (χ3v) is 3.20. The summed E-state index contributed by atoms with van der Waals surface area (Å²) in [6.07, 6.45) is 0. The number of aryl methyl sites for hydroxylation is 1. The fourth-order valence-corrected chi connectivity index (χ4v) is 2.03. The summed E-state index contributed by atoms with van der Waals surface area (Å²) in [5, 5.41) is 0. The molecule has 0 aliphatic rings. The molecule has 2 aromatic rings. The Morgan fingerprint density at radius 1 is 1.05 bits per heavy atom. The van der Waals surface area contributed by atoms with E-state index >= 15 is 0 Å². The highest BCUT2D eigenvalue weighted by Gasteiger charge is 2.28. The Morgan fingerprint density at radius 2 is 1.64 bits per heavy atom. The monoisotopic (exact) mass is 331 g/mol. The number of carbonyl (C=O) groups excluding carboxylic acids is 1. The molecule has 0 aliphatic heterocycles. The van der Waals surface area contributed by atoms with Crippen LogP contribution < -0.4 is 4.90 Å². The molecule has 0 N–H and O–H groups in total.